The first kappa shape index (κ1) is 26.0. The summed E-state index contributed by atoms with van der Waals surface area (Å²) in [6.07, 6.45) is 14.0. The Kier molecular flexibility index (Phi) is 11.2. The Balaban J connectivity index is 1.39. The van der Waals surface area contributed by atoms with Crippen molar-refractivity contribution in [3.63, 3.8) is 0 Å². The molecule has 0 fully saturated rings. The standard InChI is InChI=1S/C30H43N3O/c1-3-4-5-6-7-8-16-23-33-28-20-14-13-19-27(28)32-29(33)21-10-9-15-22-31-30(34)24-26-18-12-11-17-25(26)2/h11-14,17-20H,3-10,15-16,21-24H2,1-2H3,(H,31,34). The van der Waals surface area contributed by atoms with Crippen molar-refractivity contribution in [1.29, 1.82) is 0 Å². The molecule has 0 unspecified atom stereocenters. The summed E-state index contributed by atoms with van der Waals surface area (Å²) in [4.78, 5) is 17.2. The molecule has 184 valence electrons. The maximum Gasteiger partial charge on any atom is 0.224 e. The van der Waals surface area contributed by atoms with Crippen LogP contribution in [-0.4, -0.2) is 22.0 Å². The molecule has 0 saturated carbocycles. The van der Waals surface area contributed by atoms with Gasteiger partial charge in [0.25, 0.3) is 0 Å². The first-order valence-corrected chi connectivity index (χ1v) is 13.4. The summed E-state index contributed by atoms with van der Waals surface area (Å²) in [6.45, 7) is 6.15. The van der Waals surface area contributed by atoms with E-state index in [4.69, 9.17) is 4.98 Å². The number of carbonyl (C=O) groups is 1. The van der Waals surface area contributed by atoms with Crippen LogP contribution in [-0.2, 0) is 24.2 Å². The lowest BCUT2D eigenvalue weighted by molar-refractivity contribution is -0.120. The number of aryl methyl sites for hydroxylation is 3. The Labute approximate surface area is 206 Å². The molecule has 0 bridgehead atoms. The number of rotatable bonds is 16. The highest BCUT2D eigenvalue weighted by Gasteiger charge is 2.10. The third-order valence-electron chi connectivity index (χ3n) is 6.73. The van der Waals surface area contributed by atoms with E-state index in [-0.39, 0.29) is 5.91 Å². The van der Waals surface area contributed by atoms with Gasteiger partial charge in [-0.3, -0.25) is 4.79 Å². The maximum atomic E-state index is 12.2. The molecular weight excluding hydrogens is 418 g/mol. The maximum absolute atomic E-state index is 12.2. The van der Waals surface area contributed by atoms with Gasteiger partial charge in [-0.05, 0) is 49.4 Å². The lowest BCUT2D eigenvalue weighted by Crippen LogP contribution is -2.26. The van der Waals surface area contributed by atoms with Gasteiger partial charge in [0.2, 0.25) is 5.91 Å². The Morgan fingerprint density at radius 1 is 0.853 bits per heavy atom. The summed E-state index contributed by atoms with van der Waals surface area (Å²) in [6, 6.07) is 16.6. The highest BCUT2D eigenvalue weighted by atomic mass is 16.1. The van der Waals surface area contributed by atoms with Gasteiger partial charge in [-0.1, -0.05) is 88.3 Å². The van der Waals surface area contributed by atoms with Crippen molar-refractivity contribution < 1.29 is 4.79 Å². The monoisotopic (exact) mass is 461 g/mol. The van der Waals surface area contributed by atoms with E-state index in [2.05, 4.69) is 54.1 Å². The zero-order chi connectivity index (χ0) is 24.0. The van der Waals surface area contributed by atoms with Crippen molar-refractivity contribution in [1.82, 2.24) is 14.9 Å². The fraction of sp³-hybridized carbons (Fsp3) is 0.533. The number of nitrogens with zero attached hydrogens (tertiary/aromatic N) is 2. The largest absolute Gasteiger partial charge is 0.356 e. The molecule has 2 aromatic carbocycles. The average molecular weight is 462 g/mol. The van der Waals surface area contributed by atoms with Crippen LogP contribution in [0.15, 0.2) is 48.5 Å². The third kappa shape index (κ3) is 8.30. The molecule has 0 aliphatic carbocycles. The van der Waals surface area contributed by atoms with Crippen LogP contribution in [0.25, 0.3) is 11.0 Å². The Bertz CT molecular complexity index is 1010. The Morgan fingerprint density at radius 3 is 2.38 bits per heavy atom. The normalized spacial score (nSPS) is 11.2. The fourth-order valence-electron chi connectivity index (χ4n) is 4.65. The van der Waals surface area contributed by atoms with Crippen molar-refractivity contribution in [2.75, 3.05) is 6.54 Å². The van der Waals surface area contributed by atoms with E-state index in [9.17, 15) is 4.79 Å². The number of amides is 1. The number of fused-ring (bicyclic) bond motifs is 1. The number of benzene rings is 2. The van der Waals surface area contributed by atoms with Crippen LogP contribution in [0.4, 0.5) is 0 Å². The molecule has 1 aromatic heterocycles. The summed E-state index contributed by atoms with van der Waals surface area (Å²) in [5.74, 6) is 1.33. The van der Waals surface area contributed by atoms with E-state index in [1.807, 2.05) is 18.2 Å². The first-order valence-electron chi connectivity index (χ1n) is 13.4. The summed E-state index contributed by atoms with van der Waals surface area (Å²) in [5.41, 5.74) is 4.67. The highest BCUT2D eigenvalue weighted by Crippen LogP contribution is 2.19. The Morgan fingerprint density at radius 2 is 1.56 bits per heavy atom. The second-order valence-electron chi connectivity index (χ2n) is 9.55. The van der Waals surface area contributed by atoms with Gasteiger partial charge in [0.1, 0.15) is 5.82 Å². The zero-order valence-corrected chi connectivity index (χ0v) is 21.3. The van der Waals surface area contributed by atoms with Crippen LogP contribution >= 0.6 is 0 Å². The van der Waals surface area contributed by atoms with E-state index in [1.165, 1.54) is 61.9 Å². The van der Waals surface area contributed by atoms with E-state index in [1.54, 1.807) is 0 Å². The van der Waals surface area contributed by atoms with Crippen LogP contribution in [0, 0.1) is 6.92 Å². The van der Waals surface area contributed by atoms with Gasteiger partial charge in [0, 0.05) is 19.5 Å². The van der Waals surface area contributed by atoms with E-state index in [0.29, 0.717) is 6.42 Å². The fourth-order valence-corrected chi connectivity index (χ4v) is 4.65. The molecule has 0 radical (unpaired) electrons. The quantitative estimate of drug-likeness (QED) is 0.230. The number of unbranched alkanes of at least 4 members (excludes halogenated alkanes) is 8. The Hall–Kier alpha value is -2.62. The second-order valence-corrected chi connectivity index (χ2v) is 9.55. The summed E-state index contributed by atoms with van der Waals surface area (Å²) >= 11 is 0. The predicted octanol–water partition coefficient (Wildman–Crippen LogP) is 7.17. The van der Waals surface area contributed by atoms with Gasteiger partial charge in [0.15, 0.2) is 0 Å². The number of aromatic nitrogens is 2. The molecule has 0 aliphatic rings. The van der Waals surface area contributed by atoms with Crippen molar-refractivity contribution in [3.8, 4) is 0 Å². The summed E-state index contributed by atoms with van der Waals surface area (Å²) in [7, 11) is 0. The smallest absolute Gasteiger partial charge is 0.224 e. The molecule has 0 spiro atoms. The minimum atomic E-state index is 0.116. The van der Waals surface area contributed by atoms with E-state index < -0.39 is 0 Å². The van der Waals surface area contributed by atoms with Crippen molar-refractivity contribution in [3.05, 3.63) is 65.5 Å². The van der Waals surface area contributed by atoms with Crippen molar-refractivity contribution in [2.45, 2.75) is 97.4 Å². The minimum Gasteiger partial charge on any atom is -0.356 e. The molecule has 34 heavy (non-hydrogen) atoms. The molecule has 3 aromatic rings. The lowest BCUT2D eigenvalue weighted by atomic mass is 10.1. The number of carbonyl (C=O) groups excluding carboxylic acids is 1. The molecule has 1 N–H and O–H groups in total. The highest BCUT2D eigenvalue weighted by molar-refractivity contribution is 5.78. The zero-order valence-electron chi connectivity index (χ0n) is 21.3. The van der Waals surface area contributed by atoms with Gasteiger partial charge in [-0.25, -0.2) is 4.98 Å². The number of imidazole rings is 1. The molecule has 4 nitrogen and oxygen atoms in total. The van der Waals surface area contributed by atoms with Crippen LogP contribution in [0.2, 0.25) is 0 Å². The summed E-state index contributed by atoms with van der Waals surface area (Å²) < 4.78 is 2.45. The number of hydrogen-bond donors (Lipinski definition) is 1. The van der Waals surface area contributed by atoms with Crippen LogP contribution in [0.5, 0.6) is 0 Å². The summed E-state index contributed by atoms with van der Waals surface area (Å²) in [5, 5.41) is 3.08. The molecule has 0 saturated heterocycles. The topological polar surface area (TPSA) is 46.9 Å². The third-order valence-corrected chi connectivity index (χ3v) is 6.73. The van der Waals surface area contributed by atoms with Crippen molar-refractivity contribution in [2.24, 2.45) is 0 Å². The molecule has 3 rings (SSSR count). The van der Waals surface area contributed by atoms with E-state index in [0.717, 1.165) is 49.9 Å². The lowest BCUT2D eigenvalue weighted by Gasteiger charge is -2.10. The van der Waals surface area contributed by atoms with Crippen LogP contribution in [0.3, 0.4) is 0 Å². The first-order chi connectivity index (χ1) is 16.7. The number of hydrogen-bond acceptors (Lipinski definition) is 2. The van der Waals surface area contributed by atoms with Gasteiger partial charge >= 0.3 is 0 Å². The average Bonchev–Trinajstić information content (AvgIpc) is 3.19. The van der Waals surface area contributed by atoms with E-state index >= 15 is 0 Å². The molecular formula is C30H43N3O. The van der Waals surface area contributed by atoms with Crippen molar-refractivity contribution >= 4 is 16.9 Å². The predicted molar refractivity (Wildman–Crippen MR) is 143 cm³/mol. The SMILES string of the molecule is CCCCCCCCCn1c(CCCCCNC(=O)Cc2ccccc2C)nc2ccccc21. The molecule has 4 heteroatoms. The molecule has 0 aliphatic heterocycles. The molecule has 1 amide bonds. The van der Waals surface area contributed by atoms with Gasteiger partial charge in [0.05, 0.1) is 17.5 Å². The van der Waals surface area contributed by atoms with Gasteiger partial charge < -0.3 is 9.88 Å². The van der Waals surface area contributed by atoms with Gasteiger partial charge in [-0.2, -0.15) is 0 Å². The van der Waals surface area contributed by atoms with Crippen LogP contribution < -0.4 is 5.32 Å². The number of nitrogens with one attached hydrogen (secondary N) is 1. The second kappa shape index (κ2) is 14.6. The minimum absolute atomic E-state index is 0.116. The number of para-hydroxylation sites is 2. The van der Waals surface area contributed by atoms with Crippen LogP contribution in [0.1, 0.15) is 88.1 Å². The molecule has 1 heterocycles. The molecule has 0 atom stereocenters. The van der Waals surface area contributed by atoms with Gasteiger partial charge in [-0.15, -0.1) is 0 Å².